The molecular formula is C10H22N2O2. The molecular weight excluding hydrogens is 180 g/mol. The normalized spacial score (nSPS) is 24.0. The first-order valence-corrected chi connectivity index (χ1v) is 5.55. The maximum absolute atomic E-state index is 8.78. The topological polar surface area (TPSA) is 55.7 Å². The highest BCUT2D eigenvalue weighted by atomic mass is 16.3. The number of nitrogens with one attached hydrogen (secondary N) is 1. The average Bonchev–Trinajstić information content (AvgIpc) is 2.24. The first-order valence-electron chi connectivity index (χ1n) is 5.55. The van der Waals surface area contributed by atoms with Crippen LogP contribution in [0.3, 0.4) is 0 Å². The molecule has 4 nitrogen and oxygen atoms in total. The fourth-order valence-electron chi connectivity index (χ4n) is 1.98. The van der Waals surface area contributed by atoms with Crippen molar-refractivity contribution >= 4 is 0 Å². The summed E-state index contributed by atoms with van der Waals surface area (Å²) in [6.07, 6.45) is 2.78. The van der Waals surface area contributed by atoms with Gasteiger partial charge in [-0.2, -0.15) is 0 Å². The largest absolute Gasteiger partial charge is 0.396 e. The maximum Gasteiger partial charge on any atom is 0.0443 e. The zero-order valence-corrected chi connectivity index (χ0v) is 8.78. The zero-order valence-electron chi connectivity index (χ0n) is 8.78. The number of hydrogen-bond acceptors (Lipinski definition) is 4. The molecule has 84 valence electrons. The minimum Gasteiger partial charge on any atom is -0.396 e. The highest BCUT2D eigenvalue weighted by Crippen LogP contribution is 2.09. The van der Waals surface area contributed by atoms with Gasteiger partial charge in [-0.25, -0.2) is 0 Å². The van der Waals surface area contributed by atoms with Crippen LogP contribution in [0.25, 0.3) is 0 Å². The van der Waals surface area contributed by atoms with Crippen LogP contribution in [-0.2, 0) is 0 Å². The third-order valence-corrected chi connectivity index (χ3v) is 2.77. The molecule has 14 heavy (non-hydrogen) atoms. The molecule has 0 aromatic rings. The molecule has 3 N–H and O–H groups in total. The Morgan fingerprint density at radius 2 is 2.00 bits per heavy atom. The number of piperazine rings is 1. The summed E-state index contributed by atoms with van der Waals surface area (Å²) >= 11 is 0. The van der Waals surface area contributed by atoms with Crippen molar-refractivity contribution in [3.8, 4) is 0 Å². The molecule has 1 fully saturated rings. The van der Waals surface area contributed by atoms with Gasteiger partial charge >= 0.3 is 0 Å². The molecule has 0 aromatic carbocycles. The van der Waals surface area contributed by atoms with Crippen molar-refractivity contribution in [3.63, 3.8) is 0 Å². The van der Waals surface area contributed by atoms with Crippen LogP contribution in [0.2, 0.25) is 0 Å². The molecule has 1 aliphatic heterocycles. The van der Waals surface area contributed by atoms with Crippen LogP contribution in [-0.4, -0.2) is 60.5 Å². The van der Waals surface area contributed by atoms with Gasteiger partial charge in [0, 0.05) is 45.4 Å². The van der Waals surface area contributed by atoms with Gasteiger partial charge in [-0.3, -0.25) is 4.90 Å². The van der Waals surface area contributed by atoms with Crippen molar-refractivity contribution < 1.29 is 10.2 Å². The molecule has 0 aromatic heterocycles. The first kappa shape index (κ1) is 11.9. The molecule has 0 aliphatic carbocycles. The van der Waals surface area contributed by atoms with Crippen molar-refractivity contribution in [2.75, 3.05) is 39.4 Å². The van der Waals surface area contributed by atoms with E-state index in [0.717, 1.165) is 45.4 Å². The van der Waals surface area contributed by atoms with Gasteiger partial charge in [-0.15, -0.1) is 0 Å². The molecule has 1 saturated heterocycles. The van der Waals surface area contributed by atoms with E-state index in [2.05, 4.69) is 10.2 Å². The SMILES string of the molecule is OCCCC1CNCCN1CCCO. The minimum atomic E-state index is 0.274. The second-order valence-electron chi connectivity index (χ2n) is 3.84. The van der Waals surface area contributed by atoms with Gasteiger partial charge in [0.15, 0.2) is 0 Å². The lowest BCUT2D eigenvalue weighted by molar-refractivity contribution is 0.131. The number of aliphatic hydroxyl groups is 2. The van der Waals surface area contributed by atoms with Gasteiger partial charge in [0.25, 0.3) is 0 Å². The Morgan fingerprint density at radius 1 is 1.21 bits per heavy atom. The van der Waals surface area contributed by atoms with Gasteiger partial charge in [-0.05, 0) is 19.3 Å². The summed E-state index contributed by atoms with van der Waals surface area (Å²) in [6.45, 7) is 4.66. The number of rotatable bonds is 6. The molecule has 0 amide bonds. The van der Waals surface area contributed by atoms with Crippen LogP contribution in [0.1, 0.15) is 19.3 Å². The predicted octanol–water partition coefficient (Wildman–Crippen LogP) is -0.585. The lowest BCUT2D eigenvalue weighted by Crippen LogP contribution is -2.51. The predicted molar refractivity (Wildman–Crippen MR) is 56.3 cm³/mol. The van der Waals surface area contributed by atoms with Crippen molar-refractivity contribution in [1.82, 2.24) is 10.2 Å². The fourth-order valence-corrected chi connectivity index (χ4v) is 1.98. The minimum absolute atomic E-state index is 0.274. The molecule has 1 atom stereocenters. The summed E-state index contributed by atoms with van der Waals surface area (Å²) in [6, 6.07) is 0.544. The van der Waals surface area contributed by atoms with Crippen molar-refractivity contribution in [2.45, 2.75) is 25.3 Å². The van der Waals surface area contributed by atoms with E-state index in [4.69, 9.17) is 10.2 Å². The Morgan fingerprint density at radius 3 is 2.71 bits per heavy atom. The van der Waals surface area contributed by atoms with E-state index in [-0.39, 0.29) is 13.2 Å². The van der Waals surface area contributed by atoms with Crippen LogP contribution in [0.5, 0.6) is 0 Å². The molecule has 1 heterocycles. The molecule has 0 bridgehead atoms. The van der Waals surface area contributed by atoms with Crippen LogP contribution < -0.4 is 5.32 Å². The third kappa shape index (κ3) is 3.92. The van der Waals surface area contributed by atoms with E-state index in [1.54, 1.807) is 0 Å². The van der Waals surface area contributed by atoms with E-state index in [1.165, 1.54) is 0 Å². The van der Waals surface area contributed by atoms with Gasteiger partial charge in [0.2, 0.25) is 0 Å². The Hall–Kier alpha value is -0.160. The summed E-state index contributed by atoms with van der Waals surface area (Å²) in [7, 11) is 0. The maximum atomic E-state index is 8.78. The first-order chi connectivity index (χ1) is 6.88. The number of nitrogens with zero attached hydrogens (tertiary/aromatic N) is 1. The summed E-state index contributed by atoms with van der Waals surface area (Å²) < 4.78 is 0. The second kappa shape index (κ2) is 7.17. The Kier molecular flexibility index (Phi) is 6.10. The Bertz CT molecular complexity index is 128. The van der Waals surface area contributed by atoms with Crippen molar-refractivity contribution in [3.05, 3.63) is 0 Å². The summed E-state index contributed by atoms with van der Waals surface area (Å²) in [4.78, 5) is 2.42. The standard InChI is InChI=1S/C10H22N2O2/c13-7-1-3-10-9-11-4-6-12(10)5-2-8-14/h10-11,13-14H,1-9H2. The van der Waals surface area contributed by atoms with Crippen LogP contribution in [0.15, 0.2) is 0 Å². The van der Waals surface area contributed by atoms with E-state index in [1.807, 2.05) is 0 Å². The fraction of sp³-hybridized carbons (Fsp3) is 1.00. The Balaban J connectivity index is 2.26. The van der Waals surface area contributed by atoms with Crippen LogP contribution in [0, 0.1) is 0 Å². The van der Waals surface area contributed by atoms with E-state index in [9.17, 15) is 0 Å². The van der Waals surface area contributed by atoms with Crippen molar-refractivity contribution in [1.29, 1.82) is 0 Å². The Labute approximate surface area is 85.9 Å². The summed E-state index contributed by atoms with van der Waals surface area (Å²) in [5, 5.41) is 20.9. The molecule has 4 heteroatoms. The highest BCUT2D eigenvalue weighted by molar-refractivity contribution is 4.79. The lowest BCUT2D eigenvalue weighted by atomic mass is 10.1. The number of hydrogen-bond donors (Lipinski definition) is 3. The van der Waals surface area contributed by atoms with Gasteiger partial charge < -0.3 is 15.5 Å². The summed E-state index contributed by atoms with van der Waals surface area (Å²) in [5.74, 6) is 0. The monoisotopic (exact) mass is 202 g/mol. The zero-order chi connectivity index (χ0) is 10.2. The van der Waals surface area contributed by atoms with Gasteiger partial charge in [-0.1, -0.05) is 0 Å². The second-order valence-corrected chi connectivity index (χ2v) is 3.84. The van der Waals surface area contributed by atoms with Crippen LogP contribution >= 0.6 is 0 Å². The van der Waals surface area contributed by atoms with Gasteiger partial charge in [0.1, 0.15) is 0 Å². The molecule has 1 unspecified atom stereocenters. The summed E-state index contributed by atoms with van der Waals surface area (Å²) in [5.41, 5.74) is 0. The van der Waals surface area contributed by atoms with E-state index >= 15 is 0 Å². The highest BCUT2D eigenvalue weighted by Gasteiger charge is 2.20. The quantitative estimate of drug-likeness (QED) is 0.539. The van der Waals surface area contributed by atoms with Crippen LogP contribution in [0.4, 0.5) is 0 Å². The smallest absolute Gasteiger partial charge is 0.0443 e. The molecule has 1 aliphatic rings. The van der Waals surface area contributed by atoms with Gasteiger partial charge in [0.05, 0.1) is 0 Å². The lowest BCUT2D eigenvalue weighted by Gasteiger charge is -2.36. The molecule has 0 saturated carbocycles. The van der Waals surface area contributed by atoms with Crippen molar-refractivity contribution in [2.24, 2.45) is 0 Å². The molecule has 0 radical (unpaired) electrons. The van der Waals surface area contributed by atoms with E-state index < -0.39 is 0 Å². The average molecular weight is 202 g/mol. The third-order valence-electron chi connectivity index (χ3n) is 2.77. The number of aliphatic hydroxyl groups excluding tert-OH is 2. The molecule has 0 spiro atoms. The van der Waals surface area contributed by atoms with E-state index in [0.29, 0.717) is 6.04 Å². The molecule has 1 rings (SSSR count).